The Labute approximate surface area is 78.4 Å². The zero-order valence-corrected chi connectivity index (χ0v) is 7.74. The van der Waals surface area contributed by atoms with Crippen LogP contribution >= 0.6 is 0 Å². The van der Waals surface area contributed by atoms with E-state index in [4.69, 9.17) is 4.74 Å². The Balaban J connectivity index is 2.09. The molecule has 2 heterocycles. The van der Waals surface area contributed by atoms with Gasteiger partial charge in [-0.05, 0) is 12.8 Å². The van der Waals surface area contributed by atoms with Gasteiger partial charge in [-0.2, -0.15) is 0 Å². The predicted octanol–water partition coefficient (Wildman–Crippen LogP) is 1.65. The first-order chi connectivity index (χ1) is 6.38. The van der Waals surface area contributed by atoms with Crippen LogP contribution in [0.2, 0.25) is 0 Å². The van der Waals surface area contributed by atoms with Crippen LogP contribution in [0.3, 0.4) is 0 Å². The molecule has 0 bridgehead atoms. The Morgan fingerprint density at radius 3 is 3.23 bits per heavy atom. The first-order valence-corrected chi connectivity index (χ1v) is 4.97. The summed E-state index contributed by atoms with van der Waals surface area (Å²) in [6.45, 7) is 0.669. The third-order valence-electron chi connectivity index (χ3n) is 2.72. The third kappa shape index (κ3) is 1.85. The molecule has 1 atom stereocenters. The fourth-order valence-corrected chi connectivity index (χ4v) is 1.95. The standard InChI is InChI=1S/C10H15NO2/c12-10-5-3-1-2-4-9-8-13-7-6-11(9)10/h6-7,9H,1-5,8H2. The van der Waals surface area contributed by atoms with Crippen molar-refractivity contribution >= 4 is 5.91 Å². The van der Waals surface area contributed by atoms with Crippen molar-refractivity contribution in [2.24, 2.45) is 0 Å². The summed E-state index contributed by atoms with van der Waals surface area (Å²) in [7, 11) is 0. The zero-order chi connectivity index (χ0) is 9.10. The summed E-state index contributed by atoms with van der Waals surface area (Å²) in [4.78, 5) is 13.5. The first-order valence-electron chi connectivity index (χ1n) is 4.97. The van der Waals surface area contributed by atoms with E-state index in [1.54, 1.807) is 12.5 Å². The van der Waals surface area contributed by atoms with E-state index < -0.39 is 0 Å². The van der Waals surface area contributed by atoms with E-state index in [1.165, 1.54) is 12.8 Å². The van der Waals surface area contributed by atoms with Crippen molar-refractivity contribution in [3.05, 3.63) is 12.5 Å². The molecule has 0 saturated carbocycles. The molecule has 2 aliphatic heterocycles. The van der Waals surface area contributed by atoms with Crippen molar-refractivity contribution in [2.75, 3.05) is 6.61 Å². The third-order valence-corrected chi connectivity index (χ3v) is 2.72. The lowest BCUT2D eigenvalue weighted by Crippen LogP contribution is -2.41. The summed E-state index contributed by atoms with van der Waals surface area (Å²) in [5.74, 6) is 0.254. The van der Waals surface area contributed by atoms with E-state index in [2.05, 4.69) is 0 Å². The fraction of sp³-hybridized carbons (Fsp3) is 0.700. The van der Waals surface area contributed by atoms with E-state index in [0.29, 0.717) is 13.0 Å². The summed E-state index contributed by atoms with van der Waals surface area (Å²) in [6.07, 6.45) is 8.61. The van der Waals surface area contributed by atoms with Gasteiger partial charge in [-0.25, -0.2) is 0 Å². The molecule has 0 spiro atoms. The predicted molar refractivity (Wildman–Crippen MR) is 48.8 cm³/mol. The molecule has 1 fully saturated rings. The number of carbonyl (C=O) groups excluding carboxylic acids is 1. The SMILES string of the molecule is O=C1CCCCCC2COC=CN12. The summed E-state index contributed by atoms with van der Waals surface area (Å²) in [5.41, 5.74) is 0. The van der Waals surface area contributed by atoms with Crippen LogP contribution in [0, 0.1) is 0 Å². The van der Waals surface area contributed by atoms with Crippen LogP contribution in [0.25, 0.3) is 0 Å². The number of amides is 1. The second kappa shape index (κ2) is 3.81. The number of nitrogens with zero attached hydrogens (tertiary/aromatic N) is 1. The van der Waals surface area contributed by atoms with Crippen LogP contribution in [0.4, 0.5) is 0 Å². The number of fused-ring (bicyclic) bond motifs is 1. The molecule has 0 aromatic rings. The van der Waals surface area contributed by atoms with E-state index in [-0.39, 0.29) is 11.9 Å². The molecule has 0 radical (unpaired) electrons. The molecule has 0 N–H and O–H groups in total. The van der Waals surface area contributed by atoms with Gasteiger partial charge in [-0.1, -0.05) is 12.8 Å². The maximum atomic E-state index is 11.6. The van der Waals surface area contributed by atoms with Crippen molar-refractivity contribution in [3.63, 3.8) is 0 Å². The molecule has 0 aromatic carbocycles. The number of hydrogen-bond acceptors (Lipinski definition) is 2. The molecule has 13 heavy (non-hydrogen) atoms. The van der Waals surface area contributed by atoms with Gasteiger partial charge < -0.3 is 9.64 Å². The Morgan fingerprint density at radius 1 is 1.38 bits per heavy atom. The molecule has 1 unspecified atom stereocenters. The summed E-state index contributed by atoms with van der Waals surface area (Å²) in [6, 6.07) is 0.290. The summed E-state index contributed by atoms with van der Waals surface area (Å²) in [5, 5.41) is 0. The van der Waals surface area contributed by atoms with Crippen LogP contribution in [-0.4, -0.2) is 23.5 Å². The average Bonchev–Trinajstić information content (AvgIpc) is 2.14. The Bertz CT molecular complexity index is 225. The maximum absolute atomic E-state index is 11.6. The number of ether oxygens (including phenoxy) is 1. The monoisotopic (exact) mass is 181 g/mol. The molecular weight excluding hydrogens is 166 g/mol. The highest BCUT2D eigenvalue weighted by molar-refractivity contribution is 5.77. The maximum Gasteiger partial charge on any atom is 0.226 e. The first kappa shape index (κ1) is 8.60. The Kier molecular flexibility index (Phi) is 2.52. The molecule has 0 aromatic heterocycles. The lowest BCUT2D eigenvalue weighted by Gasteiger charge is -2.32. The van der Waals surface area contributed by atoms with Gasteiger partial charge in [0.1, 0.15) is 6.61 Å². The smallest absolute Gasteiger partial charge is 0.226 e. The van der Waals surface area contributed by atoms with Crippen molar-refractivity contribution in [1.82, 2.24) is 4.90 Å². The lowest BCUT2D eigenvalue weighted by atomic mass is 10.0. The minimum Gasteiger partial charge on any atom is -0.498 e. The quantitative estimate of drug-likeness (QED) is 0.568. The van der Waals surface area contributed by atoms with Gasteiger partial charge in [-0.15, -0.1) is 0 Å². The molecule has 1 saturated heterocycles. The largest absolute Gasteiger partial charge is 0.498 e. The number of hydrogen-bond donors (Lipinski definition) is 0. The van der Waals surface area contributed by atoms with Gasteiger partial charge in [0.2, 0.25) is 5.91 Å². The number of carbonyl (C=O) groups is 1. The molecule has 2 rings (SSSR count). The van der Waals surface area contributed by atoms with Crippen molar-refractivity contribution < 1.29 is 9.53 Å². The van der Waals surface area contributed by atoms with E-state index in [9.17, 15) is 4.79 Å². The Morgan fingerprint density at radius 2 is 2.31 bits per heavy atom. The minimum atomic E-state index is 0.254. The summed E-state index contributed by atoms with van der Waals surface area (Å²) >= 11 is 0. The molecule has 3 nitrogen and oxygen atoms in total. The van der Waals surface area contributed by atoms with Gasteiger partial charge in [0.25, 0.3) is 0 Å². The van der Waals surface area contributed by atoms with Gasteiger partial charge in [0.05, 0.1) is 12.3 Å². The average molecular weight is 181 g/mol. The van der Waals surface area contributed by atoms with Crippen LogP contribution in [-0.2, 0) is 9.53 Å². The van der Waals surface area contributed by atoms with Crippen LogP contribution in [0.15, 0.2) is 12.5 Å². The zero-order valence-electron chi connectivity index (χ0n) is 7.74. The van der Waals surface area contributed by atoms with Crippen LogP contribution in [0.1, 0.15) is 32.1 Å². The van der Waals surface area contributed by atoms with Gasteiger partial charge >= 0.3 is 0 Å². The van der Waals surface area contributed by atoms with Gasteiger partial charge in [0, 0.05) is 12.6 Å². The van der Waals surface area contributed by atoms with E-state index >= 15 is 0 Å². The van der Waals surface area contributed by atoms with Crippen LogP contribution in [0.5, 0.6) is 0 Å². The molecular formula is C10H15NO2. The normalized spacial score (nSPS) is 28.8. The van der Waals surface area contributed by atoms with Crippen molar-refractivity contribution in [2.45, 2.75) is 38.1 Å². The molecule has 3 heteroatoms. The fourth-order valence-electron chi connectivity index (χ4n) is 1.95. The number of rotatable bonds is 0. The topological polar surface area (TPSA) is 29.5 Å². The van der Waals surface area contributed by atoms with Crippen LogP contribution < -0.4 is 0 Å². The highest BCUT2D eigenvalue weighted by atomic mass is 16.5. The van der Waals surface area contributed by atoms with E-state index in [1.807, 2.05) is 4.90 Å². The van der Waals surface area contributed by atoms with Gasteiger partial charge in [-0.3, -0.25) is 4.79 Å². The summed E-state index contributed by atoms with van der Waals surface area (Å²) < 4.78 is 5.21. The molecule has 2 aliphatic rings. The highest BCUT2D eigenvalue weighted by Gasteiger charge is 2.25. The molecule has 0 aliphatic carbocycles. The van der Waals surface area contributed by atoms with Crippen molar-refractivity contribution in [1.29, 1.82) is 0 Å². The highest BCUT2D eigenvalue weighted by Crippen LogP contribution is 2.20. The molecule has 72 valence electrons. The Hall–Kier alpha value is -0.990. The van der Waals surface area contributed by atoms with Gasteiger partial charge in [0.15, 0.2) is 0 Å². The second-order valence-electron chi connectivity index (χ2n) is 3.67. The lowest BCUT2D eigenvalue weighted by molar-refractivity contribution is -0.133. The van der Waals surface area contributed by atoms with E-state index in [0.717, 1.165) is 12.8 Å². The molecule has 1 amide bonds. The minimum absolute atomic E-state index is 0.254. The second-order valence-corrected chi connectivity index (χ2v) is 3.67. The van der Waals surface area contributed by atoms with Crippen molar-refractivity contribution in [3.8, 4) is 0 Å².